The van der Waals surface area contributed by atoms with Gasteiger partial charge in [-0.25, -0.2) is 8.42 Å². The molecule has 2 rings (SSSR count). The van der Waals surface area contributed by atoms with Gasteiger partial charge in [0.25, 0.3) is 5.52 Å². The molecule has 128 valence electrons. The van der Waals surface area contributed by atoms with Crippen molar-refractivity contribution in [1.29, 1.82) is 0 Å². The van der Waals surface area contributed by atoms with Crippen LogP contribution < -0.4 is 0 Å². The Hall–Kier alpha value is -1.99. The van der Waals surface area contributed by atoms with Crippen LogP contribution in [0.25, 0.3) is 0 Å². The molecule has 3 N–H and O–H groups in total. The van der Waals surface area contributed by atoms with E-state index in [9.17, 15) is 22.9 Å². The molecule has 0 amide bonds. The van der Waals surface area contributed by atoms with Crippen LogP contribution in [0.4, 0.5) is 0 Å². The van der Waals surface area contributed by atoms with Crippen LogP contribution in [0.5, 0.6) is 5.75 Å². The van der Waals surface area contributed by atoms with Gasteiger partial charge in [-0.1, -0.05) is 12.1 Å². The summed E-state index contributed by atoms with van der Waals surface area (Å²) in [5.41, 5.74) is -0.569. The minimum Gasteiger partial charge on any atom is -0.508 e. The Labute approximate surface area is 138 Å². The van der Waals surface area contributed by atoms with E-state index in [-0.39, 0.29) is 22.6 Å². The fourth-order valence-corrected chi connectivity index (χ4v) is 3.21. The van der Waals surface area contributed by atoms with E-state index in [1.165, 1.54) is 24.3 Å². The Balaban J connectivity index is 2.33. The largest absolute Gasteiger partial charge is 0.508 e. The number of benzene rings is 2. The first kappa shape index (κ1) is 18.4. The number of carbonyl (C=O) groups is 1. The summed E-state index contributed by atoms with van der Waals surface area (Å²) >= 11 is 0. The average molecular weight is 370 g/mol. The molecule has 7 nitrogen and oxygen atoms in total. The summed E-state index contributed by atoms with van der Waals surface area (Å²) < 4.78 is 33.9. The zero-order valence-corrected chi connectivity index (χ0v) is 14.3. The van der Waals surface area contributed by atoms with Gasteiger partial charge in [0, 0.05) is 18.2 Å². The fraction of sp³-hybridized carbons (Fsp3) is 0.133. The first-order chi connectivity index (χ1) is 11.0. The molecule has 9 heteroatoms. The van der Waals surface area contributed by atoms with Crippen molar-refractivity contribution >= 4 is 23.0 Å². The standard InChI is InChI=1S/C15H15O7PS/c1-24(21,22)13-5-2-10(3-6-13)8-12-9-11(4-7-14(12)16)15(17)23(18,19)20/h2-7,9,16H,8H2,1H3,(H2,18,19,20). The maximum absolute atomic E-state index is 11.6. The minimum absolute atomic E-state index is 0.135. The zero-order valence-electron chi connectivity index (χ0n) is 12.6. The summed E-state index contributed by atoms with van der Waals surface area (Å²) in [6, 6.07) is 9.50. The summed E-state index contributed by atoms with van der Waals surface area (Å²) in [5.74, 6) is -0.135. The van der Waals surface area contributed by atoms with Gasteiger partial charge in [-0.15, -0.1) is 0 Å². The Morgan fingerprint density at radius 1 is 1.08 bits per heavy atom. The Kier molecular flexibility index (Phi) is 4.96. The highest BCUT2D eigenvalue weighted by atomic mass is 32.2. The second-order valence-corrected chi connectivity index (χ2v) is 8.80. The van der Waals surface area contributed by atoms with Gasteiger partial charge in [-0.3, -0.25) is 9.36 Å². The molecule has 0 aliphatic rings. The van der Waals surface area contributed by atoms with Gasteiger partial charge in [0.1, 0.15) is 5.75 Å². The van der Waals surface area contributed by atoms with E-state index in [2.05, 4.69) is 0 Å². The molecule has 0 fully saturated rings. The fourth-order valence-electron chi connectivity index (χ4n) is 2.10. The van der Waals surface area contributed by atoms with Gasteiger partial charge in [-0.2, -0.15) is 0 Å². The van der Waals surface area contributed by atoms with Crippen molar-refractivity contribution < 1.29 is 32.7 Å². The molecule has 0 spiro atoms. The van der Waals surface area contributed by atoms with E-state index in [1.807, 2.05) is 0 Å². The van der Waals surface area contributed by atoms with Gasteiger partial charge in [0.05, 0.1) is 4.90 Å². The van der Waals surface area contributed by atoms with Crippen molar-refractivity contribution in [1.82, 2.24) is 0 Å². The van der Waals surface area contributed by atoms with Crippen LogP contribution in [0.15, 0.2) is 47.4 Å². The summed E-state index contributed by atoms with van der Waals surface area (Å²) in [7, 11) is -8.22. The van der Waals surface area contributed by atoms with Crippen LogP contribution in [0.1, 0.15) is 21.5 Å². The van der Waals surface area contributed by atoms with E-state index < -0.39 is 23.0 Å². The molecule has 24 heavy (non-hydrogen) atoms. The molecule has 0 saturated heterocycles. The number of phenolic OH excluding ortho intramolecular Hbond substituents is 1. The molecule has 0 aliphatic carbocycles. The number of hydrogen-bond donors (Lipinski definition) is 3. The molecular formula is C15H15O7PS. The Morgan fingerprint density at radius 3 is 2.17 bits per heavy atom. The van der Waals surface area contributed by atoms with Crippen LogP contribution in [0, 0.1) is 0 Å². The predicted octanol–water partition coefficient (Wildman–Crippen LogP) is 1.70. The van der Waals surface area contributed by atoms with Crippen molar-refractivity contribution in [2.75, 3.05) is 6.26 Å². The highest BCUT2D eigenvalue weighted by Crippen LogP contribution is 2.39. The quantitative estimate of drug-likeness (QED) is 0.683. The van der Waals surface area contributed by atoms with Crippen molar-refractivity contribution in [2.45, 2.75) is 11.3 Å². The predicted molar refractivity (Wildman–Crippen MR) is 86.8 cm³/mol. The van der Waals surface area contributed by atoms with Crippen LogP contribution in [0.2, 0.25) is 0 Å². The number of aromatic hydroxyl groups is 1. The Bertz CT molecular complexity index is 927. The lowest BCUT2D eigenvalue weighted by Gasteiger charge is -2.09. The summed E-state index contributed by atoms with van der Waals surface area (Å²) in [4.78, 5) is 29.7. The number of carbonyl (C=O) groups excluding carboxylic acids is 1. The topological polar surface area (TPSA) is 129 Å². The van der Waals surface area contributed by atoms with Gasteiger partial charge in [0.2, 0.25) is 0 Å². The molecule has 2 aromatic rings. The molecule has 2 aromatic carbocycles. The molecule has 0 atom stereocenters. The van der Waals surface area contributed by atoms with Gasteiger partial charge in [0.15, 0.2) is 9.84 Å². The van der Waals surface area contributed by atoms with Crippen LogP contribution in [-0.2, 0) is 20.8 Å². The SMILES string of the molecule is CS(=O)(=O)c1ccc(Cc2cc(C(=O)P(=O)(O)O)ccc2O)cc1. The van der Waals surface area contributed by atoms with E-state index in [4.69, 9.17) is 9.79 Å². The molecule has 0 radical (unpaired) electrons. The normalized spacial score (nSPS) is 12.1. The van der Waals surface area contributed by atoms with Gasteiger partial charge in [-0.05, 0) is 41.5 Å². The third kappa shape index (κ3) is 4.30. The molecule has 0 aliphatic heterocycles. The molecule has 0 saturated carbocycles. The van der Waals surface area contributed by atoms with E-state index >= 15 is 0 Å². The maximum atomic E-state index is 11.6. The average Bonchev–Trinajstić information content (AvgIpc) is 2.47. The molecular weight excluding hydrogens is 355 g/mol. The maximum Gasteiger partial charge on any atom is 0.396 e. The van der Waals surface area contributed by atoms with Gasteiger partial charge >= 0.3 is 7.60 Å². The minimum atomic E-state index is -4.91. The number of hydrogen-bond acceptors (Lipinski definition) is 5. The molecule has 0 unspecified atom stereocenters. The van der Waals surface area contributed by atoms with Crippen molar-refractivity contribution in [2.24, 2.45) is 0 Å². The molecule has 0 aromatic heterocycles. The van der Waals surface area contributed by atoms with Crippen LogP contribution in [-0.4, -0.2) is 35.1 Å². The van der Waals surface area contributed by atoms with Crippen LogP contribution in [0.3, 0.4) is 0 Å². The third-order valence-electron chi connectivity index (χ3n) is 3.34. The lowest BCUT2D eigenvalue weighted by atomic mass is 10.0. The second kappa shape index (κ2) is 6.49. The molecule has 0 bridgehead atoms. The lowest BCUT2D eigenvalue weighted by molar-refractivity contribution is 0.104. The van der Waals surface area contributed by atoms with E-state index in [0.29, 0.717) is 11.1 Å². The summed E-state index contributed by atoms with van der Waals surface area (Å²) in [6.07, 6.45) is 1.25. The van der Waals surface area contributed by atoms with Crippen molar-refractivity contribution in [3.8, 4) is 5.75 Å². The van der Waals surface area contributed by atoms with Crippen molar-refractivity contribution in [3.05, 3.63) is 59.2 Å². The van der Waals surface area contributed by atoms with Gasteiger partial charge < -0.3 is 14.9 Å². The van der Waals surface area contributed by atoms with Crippen LogP contribution >= 0.6 is 7.60 Å². The first-order valence-electron chi connectivity index (χ1n) is 6.70. The highest BCUT2D eigenvalue weighted by molar-refractivity contribution is 7.90. The highest BCUT2D eigenvalue weighted by Gasteiger charge is 2.27. The number of sulfone groups is 1. The smallest absolute Gasteiger partial charge is 0.396 e. The molecule has 0 heterocycles. The third-order valence-corrected chi connectivity index (χ3v) is 5.25. The summed E-state index contributed by atoms with van der Waals surface area (Å²) in [5, 5.41) is 9.86. The second-order valence-electron chi connectivity index (χ2n) is 5.29. The van der Waals surface area contributed by atoms with Crippen molar-refractivity contribution in [3.63, 3.8) is 0 Å². The first-order valence-corrected chi connectivity index (χ1v) is 10.2. The lowest BCUT2D eigenvalue weighted by Crippen LogP contribution is -2.01. The Morgan fingerprint density at radius 2 is 1.67 bits per heavy atom. The van der Waals surface area contributed by atoms with E-state index in [0.717, 1.165) is 12.3 Å². The summed E-state index contributed by atoms with van der Waals surface area (Å²) in [6.45, 7) is 0. The van der Waals surface area contributed by atoms with E-state index in [1.54, 1.807) is 12.1 Å². The number of rotatable bonds is 5. The zero-order chi connectivity index (χ0) is 18.1. The monoisotopic (exact) mass is 370 g/mol. The number of phenols is 1.